The van der Waals surface area contributed by atoms with E-state index in [2.05, 4.69) is 12.2 Å². The molecule has 1 aliphatic rings. The second-order valence-corrected chi connectivity index (χ2v) is 3.49. The van der Waals surface area contributed by atoms with Crippen LogP contribution in [0.5, 0.6) is 0 Å². The first-order chi connectivity index (χ1) is 5.29. The van der Waals surface area contributed by atoms with E-state index in [0.29, 0.717) is 0 Å². The molecule has 1 unspecified atom stereocenters. The van der Waals surface area contributed by atoms with Crippen LogP contribution in [0.1, 0.15) is 39.0 Å². The highest BCUT2D eigenvalue weighted by Gasteiger charge is 2.07. The molecule has 1 heterocycles. The van der Waals surface area contributed by atoms with E-state index in [1.54, 1.807) is 0 Å². The summed E-state index contributed by atoms with van der Waals surface area (Å²) in [5.41, 5.74) is 0. The number of hydrogen-bond acceptors (Lipinski definition) is 1. The van der Waals surface area contributed by atoms with Crippen LogP contribution in [0.4, 0.5) is 0 Å². The Morgan fingerprint density at radius 3 is 2.91 bits per heavy atom. The summed E-state index contributed by atoms with van der Waals surface area (Å²) in [6, 6.07) is 0. The SMILES string of the molecule is CC1CCCNC(=O)CCC1. The third kappa shape index (κ3) is 3.40. The van der Waals surface area contributed by atoms with Gasteiger partial charge >= 0.3 is 0 Å². The van der Waals surface area contributed by atoms with Gasteiger partial charge in [-0.1, -0.05) is 13.3 Å². The molecule has 0 bridgehead atoms. The Labute approximate surface area is 68.4 Å². The van der Waals surface area contributed by atoms with Crippen molar-refractivity contribution in [2.75, 3.05) is 6.54 Å². The van der Waals surface area contributed by atoms with E-state index in [9.17, 15) is 4.79 Å². The maximum Gasteiger partial charge on any atom is 0.219 e. The Kier molecular flexibility index (Phi) is 3.40. The fourth-order valence-corrected chi connectivity index (χ4v) is 1.52. The van der Waals surface area contributed by atoms with Crippen molar-refractivity contribution in [1.29, 1.82) is 0 Å². The third-order valence-electron chi connectivity index (χ3n) is 2.30. The number of rotatable bonds is 0. The molecular weight excluding hydrogens is 138 g/mol. The summed E-state index contributed by atoms with van der Waals surface area (Å²) in [5, 5.41) is 2.91. The zero-order valence-corrected chi connectivity index (χ0v) is 7.23. The molecule has 0 aromatic heterocycles. The van der Waals surface area contributed by atoms with Crippen LogP contribution < -0.4 is 5.32 Å². The molecule has 1 fully saturated rings. The van der Waals surface area contributed by atoms with Gasteiger partial charge in [-0.05, 0) is 25.2 Å². The molecule has 1 aliphatic heterocycles. The Hall–Kier alpha value is -0.530. The van der Waals surface area contributed by atoms with Crippen LogP contribution in [0, 0.1) is 5.92 Å². The standard InChI is InChI=1S/C9H17NO/c1-8-4-2-6-9(11)10-7-3-5-8/h8H,2-7H2,1H3,(H,10,11). The molecule has 0 radical (unpaired) electrons. The molecule has 0 saturated carbocycles. The predicted molar refractivity (Wildman–Crippen MR) is 45.3 cm³/mol. The van der Waals surface area contributed by atoms with Crippen molar-refractivity contribution in [2.45, 2.75) is 39.0 Å². The highest BCUT2D eigenvalue weighted by atomic mass is 16.1. The van der Waals surface area contributed by atoms with Crippen molar-refractivity contribution in [3.05, 3.63) is 0 Å². The fourth-order valence-electron chi connectivity index (χ4n) is 1.52. The van der Waals surface area contributed by atoms with Gasteiger partial charge in [0.1, 0.15) is 0 Å². The van der Waals surface area contributed by atoms with Crippen LogP contribution in [0.25, 0.3) is 0 Å². The molecular formula is C9H17NO. The largest absolute Gasteiger partial charge is 0.356 e. The first kappa shape index (κ1) is 8.57. The second-order valence-electron chi connectivity index (χ2n) is 3.49. The molecule has 0 aromatic carbocycles. The van der Waals surface area contributed by atoms with Crippen molar-refractivity contribution in [2.24, 2.45) is 5.92 Å². The van der Waals surface area contributed by atoms with Gasteiger partial charge in [-0.25, -0.2) is 0 Å². The smallest absolute Gasteiger partial charge is 0.219 e. The molecule has 1 N–H and O–H groups in total. The quantitative estimate of drug-likeness (QED) is 0.567. The lowest BCUT2D eigenvalue weighted by Gasteiger charge is -2.06. The summed E-state index contributed by atoms with van der Waals surface area (Å²) in [6.07, 6.45) is 5.41. The normalized spacial score (nSPS) is 28.1. The van der Waals surface area contributed by atoms with Crippen molar-refractivity contribution in [1.82, 2.24) is 5.32 Å². The van der Waals surface area contributed by atoms with Crippen LogP contribution in [0.2, 0.25) is 0 Å². The van der Waals surface area contributed by atoms with E-state index in [-0.39, 0.29) is 5.91 Å². The summed E-state index contributed by atoms with van der Waals surface area (Å²) < 4.78 is 0. The Morgan fingerprint density at radius 2 is 2.09 bits per heavy atom. The minimum atomic E-state index is 0.235. The molecule has 2 heteroatoms. The predicted octanol–water partition coefficient (Wildman–Crippen LogP) is 1.70. The lowest BCUT2D eigenvalue weighted by Crippen LogP contribution is -2.23. The van der Waals surface area contributed by atoms with E-state index >= 15 is 0 Å². The maximum absolute atomic E-state index is 11.0. The molecule has 0 aliphatic carbocycles. The van der Waals surface area contributed by atoms with Crippen LogP contribution >= 0.6 is 0 Å². The highest BCUT2D eigenvalue weighted by Crippen LogP contribution is 2.14. The summed E-state index contributed by atoms with van der Waals surface area (Å²) in [5.74, 6) is 1.04. The lowest BCUT2D eigenvalue weighted by atomic mass is 10.00. The second kappa shape index (κ2) is 4.37. The molecule has 0 spiro atoms. The number of nitrogens with one attached hydrogen (secondary N) is 1. The molecule has 1 saturated heterocycles. The van der Waals surface area contributed by atoms with E-state index < -0.39 is 0 Å². The van der Waals surface area contributed by atoms with Gasteiger partial charge < -0.3 is 5.32 Å². The molecule has 11 heavy (non-hydrogen) atoms. The van der Waals surface area contributed by atoms with Crippen LogP contribution in [-0.2, 0) is 4.79 Å². The first-order valence-corrected chi connectivity index (χ1v) is 4.56. The maximum atomic E-state index is 11.0. The van der Waals surface area contributed by atoms with Gasteiger partial charge in [0.05, 0.1) is 0 Å². The summed E-state index contributed by atoms with van der Waals surface area (Å²) in [7, 11) is 0. The highest BCUT2D eigenvalue weighted by molar-refractivity contribution is 5.75. The number of carbonyl (C=O) groups is 1. The van der Waals surface area contributed by atoms with Crippen LogP contribution in [0.3, 0.4) is 0 Å². The first-order valence-electron chi connectivity index (χ1n) is 4.56. The van der Waals surface area contributed by atoms with Gasteiger partial charge in [0, 0.05) is 13.0 Å². The van der Waals surface area contributed by atoms with Gasteiger partial charge in [-0.2, -0.15) is 0 Å². The van der Waals surface area contributed by atoms with Gasteiger partial charge in [-0.15, -0.1) is 0 Å². The average Bonchev–Trinajstić information content (AvgIpc) is 2.04. The Balaban J connectivity index is 2.29. The zero-order valence-electron chi connectivity index (χ0n) is 7.23. The average molecular weight is 155 g/mol. The number of carbonyl (C=O) groups excluding carboxylic acids is 1. The van der Waals surface area contributed by atoms with Gasteiger partial charge in [0.2, 0.25) is 5.91 Å². The summed E-state index contributed by atoms with van der Waals surface area (Å²) >= 11 is 0. The van der Waals surface area contributed by atoms with E-state index in [4.69, 9.17) is 0 Å². The van der Waals surface area contributed by atoms with E-state index in [1.165, 1.54) is 12.8 Å². The Morgan fingerprint density at radius 1 is 1.36 bits per heavy atom. The number of amides is 1. The molecule has 1 amide bonds. The van der Waals surface area contributed by atoms with Crippen LogP contribution in [-0.4, -0.2) is 12.5 Å². The van der Waals surface area contributed by atoms with Gasteiger partial charge in [0.15, 0.2) is 0 Å². The zero-order chi connectivity index (χ0) is 8.10. The van der Waals surface area contributed by atoms with Crippen LogP contribution in [0.15, 0.2) is 0 Å². The molecule has 0 aromatic rings. The minimum Gasteiger partial charge on any atom is -0.356 e. The minimum absolute atomic E-state index is 0.235. The van der Waals surface area contributed by atoms with E-state index in [0.717, 1.165) is 31.7 Å². The monoisotopic (exact) mass is 155 g/mol. The van der Waals surface area contributed by atoms with Crippen molar-refractivity contribution >= 4 is 5.91 Å². The molecule has 2 nitrogen and oxygen atoms in total. The molecule has 1 rings (SSSR count). The fraction of sp³-hybridized carbons (Fsp3) is 0.889. The number of hydrogen-bond donors (Lipinski definition) is 1. The van der Waals surface area contributed by atoms with E-state index in [1.807, 2.05) is 0 Å². The molecule has 64 valence electrons. The summed E-state index contributed by atoms with van der Waals surface area (Å²) in [6.45, 7) is 3.15. The summed E-state index contributed by atoms with van der Waals surface area (Å²) in [4.78, 5) is 11.0. The van der Waals surface area contributed by atoms with Gasteiger partial charge in [-0.3, -0.25) is 4.79 Å². The third-order valence-corrected chi connectivity index (χ3v) is 2.30. The van der Waals surface area contributed by atoms with Gasteiger partial charge in [0.25, 0.3) is 0 Å². The molecule has 1 atom stereocenters. The van der Waals surface area contributed by atoms with Crippen molar-refractivity contribution in [3.63, 3.8) is 0 Å². The lowest BCUT2D eigenvalue weighted by molar-refractivity contribution is -0.121. The van der Waals surface area contributed by atoms with Crippen molar-refractivity contribution < 1.29 is 4.79 Å². The Bertz CT molecular complexity index is 134. The van der Waals surface area contributed by atoms with Crippen molar-refractivity contribution in [3.8, 4) is 0 Å². The topological polar surface area (TPSA) is 29.1 Å².